The van der Waals surface area contributed by atoms with Gasteiger partial charge in [-0.05, 0) is 52.2 Å². The number of thiol groups is 1. The molecule has 0 atom stereocenters. The number of hydrogen-bond donors (Lipinski definition) is 1. The van der Waals surface area contributed by atoms with E-state index in [1.54, 1.807) is 0 Å². The van der Waals surface area contributed by atoms with Crippen LogP contribution in [-0.4, -0.2) is 55.8 Å². The standard InChI is InChI=1S/C16H36N2S/c1-4-12-18(15-14-17(2)3)13-10-8-6-5-7-9-11-16-19/h19H,4-16H2,1-3H3. The van der Waals surface area contributed by atoms with Crippen LogP contribution in [0, 0.1) is 0 Å². The van der Waals surface area contributed by atoms with E-state index in [2.05, 4.69) is 43.4 Å². The van der Waals surface area contributed by atoms with Gasteiger partial charge in [-0.25, -0.2) is 0 Å². The van der Waals surface area contributed by atoms with E-state index in [0.717, 1.165) is 5.75 Å². The van der Waals surface area contributed by atoms with E-state index in [4.69, 9.17) is 0 Å². The molecule has 0 aliphatic heterocycles. The molecule has 0 spiro atoms. The molecule has 0 aromatic carbocycles. The van der Waals surface area contributed by atoms with E-state index in [0.29, 0.717) is 0 Å². The van der Waals surface area contributed by atoms with Gasteiger partial charge in [0.15, 0.2) is 0 Å². The second-order valence-corrected chi connectivity index (χ2v) is 6.29. The lowest BCUT2D eigenvalue weighted by Crippen LogP contribution is -2.33. The van der Waals surface area contributed by atoms with Crippen LogP contribution in [0.1, 0.15) is 58.3 Å². The summed E-state index contributed by atoms with van der Waals surface area (Å²) in [6, 6.07) is 0. The van der Waals surface area contributed by atoms with Gasteiger partial charge in [-0.1, -0.05) is 39.0 Å². The SMILES string of the molecule is CCCN(CCCCCCCCCS)CCN(C)C. The highest BCUT2D eigenvalue weighted by atomic mass is 32.1. The number of unbranched alkanes of at least 4 members (excludes halogenated alkanes) is 6. The lowest BCUT2D eigenvalue weighted by molar-refractivity contribution is 0.236. The Labute approximate surface area is 127 Å². The predicted octanol–water partition coefficient (Wildman–Crippen LogP) is 3.92. The van der Waals surface area contributed by atoms with Crippen molar-refractivity contribution in [3.05, 3.63) is 0 Å². The molecule has 0 N–H and O–H groups in total. The molecule has 0 aliphatic rings. The van der Waals surface area contributed by atoms with Gasteiger partial charge in [0.2, 0.25) is 0 Å². The van der Waals surface area contributed by atoms with Gasteiger partial charge in [-0.15, -0.1) is 0 Å². The van der Waals surface area contributed by atoms with Gasteiger partial charge in [-0.3, -0.25) is 0 Å². The molecule has 116 valence electrons. The Bertz CT molecular complexity index is 174. The summed E-state index contributed by atoms with van der Waals surface area (Å²) in [6.45, 7) is 7.24. The van der Waals surface area contributed by atoms with Crippen molar-refractivity contribution in [2.45, 2.75) is 58.3 Å². The molecule has 2 nitrogen and oxygen atoms in total. The van der Waals surface area contributed by atoms with Crippen LogP contribution in [0.15, 0.2) is 0 Å². The minimum atomic E-state index is 1.05. The first-order valence-corrected chi connectivity index (χ1v) is 8.82. The summed E-state index contributed by atoms with van der Waals surface area (Å²) in [5.74, 6) is 1.05. The van der Waals surface area contributed by atoms with Crippen molar-refractivity contribution >= 4 is 12.6 Å². The average molecular weight is 289 g/mol. The zero-order valence-corrected chi connectivity index (χ0v) is 14.4. The molecule has 0 saturated heterocycles. The molecule has 0 amide bonds. The molecule has 0 unspecified atom stereocenters. The normalized spacial score (nSPS) is 11.7. The molecule has 3 heteroatoms. The van der Waals surface area contributed by atoms with Crippen molar-refractivity contribution in [1.29, 1.82) is 0 Å². The van der Waals surface area contributed by atoms with Crippen LogP contribution in [0.25, 0.3) is 0 Å². The molecular formula is C16H36N2S. The summed E-state index contributed by atoms with van der Waals surface area (Å²) < 4.78 is 0. The quantitative estimate of drug-likeness (QED) is 0.382. The van der Waals surface area contributed by atoms with Crippen LogP contribution >= 0.6 is 12.6 Å². The molecular weight excluding hydrogens is 252 g/mol. The predicted molar refractivity (Wildman–Crippen MR) is 91.5 cm³/mol. The van der Waals surface area contributed by atoms with Crippen molar-refractivity contribution in [2.24, 2.45) is 0 Å². The lowest BCUT2D eigenvalue weighted by atomic mass is 10.1. The maximum atomic E-state index is 4.25. The highest BCUT2D eigenvalue weighted by Crippen LogP contribution is 2.08. The van der Waals surface area contributed by atoms with Gasteiger partial charge in [0.25, 0.3) is 0 Å². The molecule has 0 rings (SSSR count). The summed E-state index contributed by atoms with van der Waals surface area (Å²) in [4.78, 5) is 4.91. The monoisotopic (exact) mass is 288 g/mol. The fourth-order valence-corrected chi connectivity index (χ4v) is 2.55. The molecule has 0 aromatic rings. The Morgan fingerprint density at radius 2 is 1.26 bits per heavy atom. The first-order chi connectivity index (χ1) is 9.20. The van der Waals surface area contributed by atoms with Crippen LogP contribution in [0.3, 0.4) is 0 Å². The molecule has 0 bridgehead atoms. The Kier molecular flexibility index (Phi) is 14.9. The van der Waals surface area contributed by atoms with E-state index in [1.807, 2.05) is 0 Å². The number of hydrogen-bond acceptors (Lipinski definition) is 3. The topological polar surface area (TPSA) is 6.48 Å². The first kappa shape index (κ1) is 19.3. The summed E-state index contributed by atoms with van der Waals surface area (Å²) >= 11 is 4.25. The van der Waals surface area contributed by atoms with E-state index >= 15 is 0 Å². The highest BCUT2D eigenvalue weighted by molar-refractivity contribution is 7.80. The van der Waals surface area contributed by atoms with Gasteiger partial charge < -0.3 is 9.80 Å². The summed E-state index contributed by atoms with van der Waals surface area (Å²) in [6.07, 6.45) is 11.0. The Hall–Kier alpha value is 0.270. The Morgan fingerprint density at radius 1 is 0.684 bits per heavy atom. The second-order valence-electron chi connectivity index (χ2n) is 5.84. The third-order valence-electron chi connectivity index (χ3n) is 3.54. The number of nitrogens with zero attached hydrogens (tertiary/aromatic N) is 2. The van der Waals surface area contributed by atoms with Gasteiger partial charge in [0, 0.05) is 13.1 Å². The fraction of sp³-hybridized carbons (Fsp3) is 1.00. The molecule has 0 heterocycles. The van der Waals surface area contributed by atoms with Crippen LogP contribution in [0.4, 0.5) is 0 Å². The zero-order chi connectivity index (χ0) is 14.3. The maximum absolute atomic E-state index is 4.25. The summed E-state index contributed by atoms with van der Waals surface area (Å²) in [7, 11) is 4.32. The molecule has 0 radical (unpaired) electrons. The molecule has 19 heavy (non-hydrogen) atoms. The average Bonchev–Trinajstić information content (AvgIpc) is 2.38. The Balaban J connectivity index is 3.42. The zero-order valence-electron chi connectivity index (χ0n) is 13.5. The van der Waals surface area contributed by atoms with E-state index in [-0.39, 0.29) is 0 Å². The largest absolute Gasteiger partial charge is 0.308 e. The Morgan fingerprint density at radius 3 is 1.79 bits per heavy atom. The van der Waals surface area contributed by atoms with Crippen LogP contribution in [-0.2, 0) is 0 Å². The smallest absolute Gasteiger partial charge is 0.0109 e. The fourth-order valence-electron chi connectivity index (χ4n) is 2.32. The highest BCUT2D eigenvalue weighted by Gasteiger charge is 2.03. The third kappa shape index (κ3) is 14.5. The first-order valence-electron chi connectivity index (χ1n) is 8.18. The van der Waals surface area contributed by atoms with Gasteiger partial charge in [-0.2, -0.15) is 12.6 Å². The summed E-state index contributed by atoms with van der Waals surface area (Å²) in [5, 5.41) is 0. The number of rotatable bonds is 14. The second kappa shape index (κ2) is 14.7. The van der Waals surface area contributed by atoms with E-state index in [9.17, 15) is 0 Å². The van der Waals surface area contributed by atoms with Crippen LogP contribution < -0.4 is 0 Å². The van der Waals surface area contributed by atoms with Crippen LogP contribution in [0.2, 0.25) is 0 Å². The van der Waals surface area contributed by atoms with Crippen molar-refractivity contribution in [2.75, 3.05) is 46.0 Å². The third-order valence-corrected chi connectivity index (χ3v) is 3.85. The van der Waals surface area contributed by atoms with Crippen LogP contribution in [0.5, 0.6) is 0 Å². The maximum Gasteiger partial charge on any atom is 0.0109 e. The molecule has 0 aromatic heterocycles. The van der Waals surface area contributed by atoms with Crippen molar-refractivity contribution in [3.8, 4) is 0 Å². The van der Waals surface area contributed by atoms with Gasteiger partial charge in [0.1, 0.15) is 0 Å². The van der Waals surface area contributed by atoms with Crippen molar-refractivity contribution in [1.82, 2.24) is 9.80 Å². The van der Waals surface area contributed by atoms with Gasteiger partial charge in [0.05, 0.1) is 0 Å². The molecule has 0 aliphatic carbocycles. The van der Waals surface area contributed by atoms with Crippen molar-refractivity contribution in [3.63, 3.8) is 0 Å². The van der Waals surface area contributed by atoms with Gasteiger partial charge >= 0.3 is 0 Å². The molecule has 0 fully saturated rings. The van der Waals surface area contributed by atoms with E-state index in [1.165, 1.54) is 77.5 Å². The minimum absolute atomic E-state index is 1.05. The van der Waals surface area contributed by atoms with E-state index < -0.39 is 0 Å². The minimum Gasteiger partial charge on any atom is -0.308 e. The lowest BCUT2D eigenvalue weighted by Gasteiger charge is -2.23. The molecule has 0 saturated carbocycles. The number of likely N-dealkylation sites (N-methyl/N-ethyl adjacent to an activating group) is 1. The summed E-state index contributed by atoms with van der Waals surface area (Å²) in [5.41, 5.74) is 0. The van der Waals surface area contributed by atoms with Crippen molar-refractivity contribution < 1.29 is 0 Å².